The van der Waals surface area contributed by atoms with Crippen molar-refractivity contribution in [2.75, 3.05) is 0 Å². The first-order valence-electron chi connectivity index (χ1n) is 7.37. The molecule has 0 unspecified atom stereocenters. The summed E-state index contributed by atoms with van der Waals surface area (Å²) < 4.78 is 15.7. The largest absolute Gasteiger partial charge is 0.217 e. The van der Waals surface area contributed by atoms with Gasteiger partial charge < -0.3 is 0 Å². The van der Waals surface area contributed by atoms with E-state index in [-0.39, 0.29) is 5.82 Å². The molecule has 0 radical (unpaired) electrons. The Bertz CT molecular complexity index is 687. The Hall–Kier alpha value is -1.94. The number of nitrogens with zero attached hydrogens (tertiary/aromatic N) is 5. The minimum Gasteiger partial charge on any atom is -0.217 e. The summed E-state index contributed by atoms with van der Waals surface area (Å²) in [7, 11) is 0. The zero-order valence-corrected chi connectivity index (χ0v) is 12.9. The van der Waals surface area contributed by atoms with Gasteiger partial charge in [-0.3, -0.25) is 0 Å². The van der Waals surface area contributed by atoms with Crippen molar-refractivity contribution < 1.29 is 4.39 Å². The van der Waals surface area contributed by atoms with E-state index in [0.29, 0.717) is 28.1 Å². The molecule has 1 aromatic heterocycles. The Balaban J connectivity index is 1.72. The molecule has 1 heterocycles. The topological polar surface area (TPSA) is 67.4 Å². The molecule has 114 valence electrons. The molecule has 7 heteroatoms. The van der Waals surface area contributed by atoms with Crippen LogP contribution in [0.3, 0.4) is 0 Å². The van der Waals surface area contributed by atoms with Crippen LogP contribution >= 0.6 is 11.8 Å². The lowest BCUT2D eigenvalue weighted by molar-refractivity contribution is 0.307. The van der Waals surface area contributed by atoms with Crippen LogP contribution in [-0.2, 0) is 5.75 Å². The highest BCUT2D eigenvalue weighted by Gasteiger charge is 2.20. The maximum atomic E-state index is 13.8. The molecule has 1 aliphatic carbocycles. The van der Waals surface area contributed by atoms with Crippen molar-refractivity contribution in [3.05, 3.63) is 35.1 Å². The zero-order chi connectivity index (χ0) is 15.4. The lowest BCUT2D eigenvalue weighted by Crippen LogP contribution is -2.15. The van der Waals surface area contributed by atoms with E-state index >= 15 is 0 Å². The molecule has 0 saturated heterocycles. The maximum Gasteiger partial charge on any atom is 0.209 e. The molecule has 1 aromatic carbocycles. The number of aromatic nitrogens is 4. The van der Waals surface area contributed by atoms with Crippen LogP contribution in [0.1, 0.15) is 49.3 Å². The Kier molecular flexibility index (Phi) is 4.68. The highest BCUT2D eigenvalue weighted by atomic mass is 32.2. The van der Waals surface area contributed by atoms with Crippen LogP contribution in [0.4, 0.5) is 4.39 Å². The predicted molar refractivity (Wildman–Crippen MR) is 80.6 cm³/mol. The van der Waals surface area contributed by atoms with Crippen LogP contribution in [0.15, 0.2) is 23.4 Å². The molecular weight excluding hydrogens is 301 g/mol. The molecule has 22 heavy (non-hydrogen) atoms. The van der Waals surface area contributed by atoms with Gasteiger partial charge in [0.1, 0.15) is 5.82 Å². The van der Waals surface area contributed by atoms with Crippen LogP contribution in [0.2, 0.25) is 0 Å². The van der Waals surface area contributed by atoms with Gasteiger partial charge in [-0.05, 0) is 47.0 Å². The molecule has 0 atom stereocenters. The van der Waals surface area contributed by atoms with E-state index in [1.165, 1.54) is 43.2 Å². The molecule has 0 bridgehead atoms. The summed E-state index contributed by atoms with van der Waals surface area (Å²) in [6, 6.07) is 6.77. The fourth-order valence-electron chi connectivity index (χ4n) is 2.73. The number of rotatable bonds is 4. The summed E-state index contributed by atoms with van der Waals surface area (Å²) >= 11 is 1.41. The van der Waals surface area contributed by atoms with E-state index in [4.69, 9.17) is 5.26 Å². The second-order valence-corrected chi connectivity index (χ2v) is 6.35. The van der Waals surface area contributed by atoms with Crippen molar-refractivity contribution in [3.8, 4) is 6.07 Å². The van der Waals surface area contributed by atoms with Gasteiger partial charge in [0.2, 0.25) is 5.16 Å². The van der Waals surface area contributed by atoms with Crippen molar-refractivity contribution in [2.24, 2.45) is 0 Å². The van der Waals surface area contributed by atoms with Crippen LogP contribution in [0, 0.1) is 17.1 Å². The van der Waals surface area contributed by atoms with Gasteiger partial charge in [0.15, 0.2) is 0 Å². The first-order chi connectivity index (χ1) is 10.8. The number of hydrogen-bond donors (Lipinski definition) is 0. The third kappa shape index (κ3) is 3.28. The van der Waals surface area contributed by atoms with Gasteiger partial charge in [-0.25, -0.2) is 9.07 Å². The summed E-state index contributed by atoms with van der Waals surface area (Å²) in [5.41, 5.74) is 0.964. The lowest BCUT2D eigenvalue weighted by Gasteiger charge is -2.21. The van der Waals surface area contributed by atoms with Crippen molar-refractivity contribution >= 4 is 11.8 Å². The Labute approximate surface area is 132 Å². The molecule has 2 aromatic rings. The Morgan fingerprint density at radius 3 is 2.91 bits per heavy atom. The predicted octanol–water partition coefficient (Wildman–Crippen LogP) is 3.48. The summed E-state index contributed by atoms with van der Waals surface area (Å²) in [5, 5.41) is 21.5. The lowest BCUT2D eigenvalue weighted by atomic mass is 9.96. The molecular formula is C15H16FN5S. The molecule has 1 saturated carbocycles. The van der Waals surface area contributed by atoms with E-state index in [9.17, 15) is 4.39 Å². The van der Waals surface area contributed by atoms with Crippen LogP contribution < -0.4 is 0 Å². The SMILES string of the molecule is N#Cc1ccc(F)c(CSc2nnnn2C2CCCCC2)c1. The van der Waals surface area contributed by atoms with Gasteiger partial charge in [-0.1, -0.05) is 31.0 Å². The van der Waals surface area contributed by atoms with Gasteiger partial charge in [-0.2, -0.15) is 5.26 Å². The number of benzene rings is 1. The first kappa shape index (κ1) is 15.0. The molecule has 0 amide bonds. The minimum absolute atomic E-state index is 0.303. The molecule has 5 nitrogen and oxygen atoms in total. The third-order valence-electron chi connectivity index (χ3n) is 3.91. The van der Waals surface area contributed by atoms with E-state index < -0.39 is 0 Å². The summed E-state index contributed by atoms with van der Waals surface area (Å²) in [6.07, 6.45) is 5.86. The number of hydrogen-bond acceptors (Lipinski definition) is 5. The molecule has 1 fully saturated rings. The van der Waals surface area contributed by atoms with Crippen molar-refractivity contribution in [1.29, 1.82) is 5.26 Å². The number of thioether (sulfide) groups is 1. The molecule has 0 N–H and O–H groups in total. The molecule has 0 aliphatic heterocycles. The maximum absolute atomic E-state index is 13.8. The molecule has 3 rings (SSSR count). The van der Waals surface area contributed by atoms with E-state index in [2.05, 4.69) is 15.5 Å². The van der Waals surface area contributed by atoms with Crippen molar-refractivity contribution in [2.45, 2.75) is 49.1 Å². The fraction of sp³-hybridized carbons (Fsp3) is 0.467. The second-order valence-electron chi connectivity index (χ2n) is 5.40. The Morgan fingerprint density at radius 2 is 2.14 bits per heavy atom. The first-order valence-corrected chi connectivity index (χ1v) is 8.35. The van der Waals surface area contributed by atoms with Crippen molar-refractivity contribution in [1.82, 2.24) is 20.2 Å². The molecule has 1 aliphatic rings. The third-order valence-corrected chi connectivity index (χ3v) is 4.90. The zero-order valence-electron chi connectivity index (χ0n) is 12.1. The summed E-state index contributed by atoms with van der Waals surface area (Å²) in [5.74, 6) is 0.109. The van der Waals surface area contributed by atoms with Gasteiger partial charge in [0.05, 0.1) is 17.7 Å². The standard InChI is InChI=1S/C15H16FN5S/c16-14-7-6-11(9-17)8-12(14)10-22-15-18-19-20-21(15)13-4-2-1-3-5-13/h6-8,13H,1-5,10H2. The van der Waals surface area contributed by atoms with E-state index in [0.717, 1.165) is 12.8 Å². The normalized spacial score (nSPS) is 15.6. The van der Waals surface area contributed by atoms with Gasteiger partial charge >= 0.3 is 0 Å². The summed E-state index contributed by atoms with van der Waals surface area (Å²) in [4.78, 5) is 0. The highest BCUT2D eigenvalue weighted by Crippen LogP contribution is 2.31. The quantitative estimate of drug-likeness (QED) is 0.808. The van der Waals surface area contributed by atoms with Crippen LogP contribution in [0.5, 0.6) is 0 Å². The van der Waals surface area contributed by atoms with E-state index in [1.54, 1.807) is 6.07 Å². The number of halogens is 1. The number of tetrazole rings is 1. The van der Waals surface area contributed by atoms with Gasteiger partial charge in [-0.15, -0.1) is 5.10 Å². The summed E-state index contributed by atoms with van der Waals surface area (Å²) in [6.45, 7) is 0. The average molecular weight is 317 g/mol. The highest BCUT2D eigenvalue weighted by molar-refractivity contribution is 7.98. The van der Waals surface area contributed by atoms with Crippen molar-refractivity contribution in [3.63, 3.8) is 0 Å². The second kappa shape index (κ2) is 6.88. The average Bonchev–Trinajstić information content (AvgIpc) is 3.03. The Morgan fingerprint density at radius 1 is 1.32 bits per heavy atom. The minimum atomic E-state index is -0.303. The van der Waals surface area contributed by atoms with Crippen LogP contribution in [0.25, 0.3) is 0 Å². The smallest absolute Gasteiger partial charge is 0.209 e. The fourth-order valence-corrected chi connectivity index (χ4v) is 3.65. The monoisotopic (exact) mass is 317 g/mol. The molecule has 0 spiro atoms. The number of nitriles is 1. The van der Waals surface area contributed by atoms with E-state index in [1.807, 2.05) is 10.8 Å². The van der Waals surface area contributed by atoms with Gasteiger partial charge in [0.25, 0.3) is 0 Å². The van der Waals surface area contributed by atoms with Gasteiger partial charge in [0, 0.05) is 5.75 Å². The van der Waals surface area contributed by atoms with Crippen LogP contribution in [-0.4, -0.2) is 20.2 Å².